The Bertz CT molecular complexity index is 341. The van der Waals surface area contributed by atoms with Gasteiger partial charge in [0.1, 0.15) is 12.4 Å². The second kappa shape index (κ2) is 10.9. The van der Waals surface area contributed by atoms with Gasteiger partial charge in [-0.2, -0.15) is 0 Å². The van der Waals surface area contributed by atoms with Crippen molar-refractivity contribution in [2.75, 3.05) is 0 Å². The average molecular weight is 279 g/mol. The van der Waals surface area contributed by atoms with Crippen LogP contribution in [0.1, 0.15) is 84.4 Å². The van der Waals surface area contributed by atoms with Gasteiger partial charge < -0.3 is 0 Å². The van der Waals surface area contributed by atoms with Crippen LogP contribution in [-0.2, 0) is 19.5 Å². The fourth-order valence-electron chi connectivity index (χ4n) is 2.88. The van der Waals surface area contributed by atoms with Crippen molar-refractivity contribution in [1.82, 2.24) is 4.57 Å². The predicted octanol–water partition coefficient (Wildman–Crippen LogP) is 4.89. The zero-order valence-corrected chi connectivity index (χ0v) is 14.0. The molecule has 0 N–H and O–H groups in total. The molecule has 0 fully saturated rings. The number of hydrogen-bond donors (Lipinski definition) is 0. The molecule has 0 aliphatic rings. The van der Waals surface area contributed by atoms with E-state index in [9.17, 15) is 0 Å². The lowest BCUT2D eigenvalue weighted by Crippen LogP contribution is -2.37. The van der Waals surface area contributed by atoms with Crippen molar-refractivity contribution < 1.29 is 4.57 Å². The summed E-state index contributed by atoms with van der Waals surface area (Å²) in [6.45, 7) is 9.21. The van der Waals surface area contributed by atoms with Crippen LogP contribution in [0, 0.1) is 0 Å². The van der Waals surface area contributed by atoms with Gasteiger partial charge in [-0.15, -0.1) is 0 Å². The van der Waals surface area contributed by atoms with E-state index >= 15 is 0 Å². The van der Waals surface area contributed by atoms with Gasteiger partial charge in [-0.1, -0.05) is 59.3 Å². The molecule has 1 aromatic heterocycles. The van der Waals surface area contributed by atoms with Gasteiger partial charge in [0.25, 0.3) is 5.82 Å². The lowest BCUT2D eigenvalue weighted by molar-refractivity contribution is -0.704. The first-order valence-electron chi connectivity index (χ1n) is 8.90. The molecule has 0 bridgehead atoms. The Labute approximate surface area is 126 Å². The highest BCUT2D eigenvalue weighted by Gasteiger charge is 2.13. The molecule has 0 saturated heterocycles. The van der Waals surface area contributed by atoms with E-state index in [4.69, 9.17) is 0 Å². The second-order valence-corrected chi connectivity index (χ2v) is 5.93. The number of hydrogen-bond acceptors (Lipinski definition) is 0. The van der Waals surface area contributed by atoms with Crippen molar-refractivity contribution in [2.24, 2.45) is 0 Å². The lowest BCUT2D eigenvalue weighted by atomic mass is 10.1. The third-order valence-corrected chi connectivity index (χ3v) is 4.16. The van der Waals surface area contributed by atoms with Crippen molar-refractivity contribution in [3.8, 4) is 0 Å². The van der Waals surface area contributed by atoms with Crippen LogP contribution in [-0.4, -0.2) is 4.57 Å². The SMILES string of the molecule is CCCCCCCCC[n+]1ccn(CCCC)c1CC. The molecule has 0 spiro atoms. The van der Waals surface area contributed by atoms with Gasteiger partial charge in [0.15, 0.2) is 0 Å². The van der Waals surface area contributed by atoms with Crippen LogP contribution in [0.4, 0.5) is 0 Å². The maximum Gasteiger partial charge on any atom is 0.256 e. The number of nitrogens with zero attached hydrogens (tertiary/aromatic N) is 2. The molecule has 0 aromatic carbocycles. The summed E-state index contributed by atoms with van der Waals surface area (Å²) < 4.78 is 4.92. The lowest BCUT2D eigenvalue weighted by Gasteiger charge is -2.04. The summed E-state index contributed by atoms with van der Waals surface area (Å²) in [7, 11) is 0. The van der Waals surface area contributed by atoms with E-state index in [1.807, 2.05) is 0 Å². The van der Waals surface area contributed by atoms with E-state index in [-0.39, 0.29) is 0 Å². The summed E-state index contributed by atoms with van der Waals surface area (Å²) in [6.07, 6.45) is 18.0. The van der Waals surface area contributed by atoms with Crippen LogP contribution in [0.15, 0.2) is 12.4 Å². The highest BCUT2D eigenvalue weighted by molar-refractivity contribution is 4.82. The Hall–Kier alpha value is -0.790. The van der Waals surface area contributed by atoms with Gasteiger partial charge in [0.05, 0.1) is 13.1 Å². The number of aromatic nitrogens is 2. The maximum atomic E-state index is 2.47. The standard InChI is InChI=1S/C18H35N2/c1-4-7-9-10-11-12-13-15-20-17-16-19(14-8-5-2)18(20)6-3/h16-17H,4-15H2,1-3H3/q+1. The van der Waals surface area contributed by atoms with Crippen molar-refractivity contribution in [3.63, 3.8) is 0 Å². The topological polar surface area (TPSA) is 8.81 Å². The molecular formula is C18H35N2+. The Kier molecular flexibility index (Phi) is 9.44. The zero-order valence-electron chi connectivity index (χ0n) is 14.0. The number of rotatable bonds is 12. The molecule has 0 aliphatic heterocycles. The predicted molar refractivity (Wildman–Crippen MR) is 86.9 cm³/mol. The first kappa shape index (κ1) is 17.3. The minimum atomic E-state index is 1.15. The van der Waals surface area contributed by atoms with Crippen molar-refractivity contribution >= 4 is 0 Å². The maximum absolute atomic E-state index is 2.47. The molecule has 0 radical (unpaired) electrons. The molecule has 0 unspecified atom stereocenters. The van der Waals surface area contributed by atoms with Gasteiger partial charge in [-0.25, -0.2) is 9.13 Å². The molecule has 0 atom stereocenters. The quantitative estimate of drug-likeness (QED) is 0.380. The molecule has 0 aliphatic carbocycles. The minimum absolute atomic E-state index is 1.15. The first-order valence-corrected chi connectivity index (χ1v) is 8.90. The van der Waals surface area contributed by atoms with Crippen LogP contribution < -0.4 is 4.57 Å². The van der Waals surface area contributed by atoms with Crippen molar-refractivity contribution in [3.05, 3.63) is 18.2 Å². The summed E-state index contributed by atoms with van der Waals surface area (Å²) in [5.74, 6) is 1.50. The van der Waals surface area contributed by atoms with E-state index in [1.54, 1.807) is 0 Å². The Morgan fingerprint density at radius 3 is 2.15 bits per heavy atom. The fourth-order valence-corrected chi connectivity index (χ4v) is 2.88. The molecule has 1 aromatic rings. The van der Waals surface area contributed by atoms with Crippen LogP contribution in [0.25, 0.3) is 0 Å². The van der Waals surface area contributed by atoms with Gasteiger partial charge in [-0.3, -0.25) is 0 Å². The van der Waals surface area contributed by atoms with Gasteiger partial charge in [-0.05, 0) is 19.3 Å². The fraction of sp³-hybridized carbons (Fsp3) is 0.833. The van der Waals surface area contributed by atoms with E-state index in [0.717, 1.165) is 6.42 Å². The molecule has 2 nitrogen and oxygen atoms in total. The van der Waals surface area contributed by atoms with Gasteiger partial charge in [0.2, 0.25) is 0 Å². The monoisotopic (exact) mass is 279 g/mol. The zero-order chi connectivity index (χ0) is 14.6. The van der Waals surface area contributed by atoms with Crippen molar-refractivity contribution in [2.45, 2.75) is 98.1 Å². The van der Waals surface area contributed by atoms with E-state index in [0.29, 0.717) is 0 Å². The highest BCUT2D eigenvalue weighted by atomic mass is 15.1. The molecule has 20 heavy (non-hydrogen) atoms. The second-order valence-electron chi connectivity index (χ2n) is 5.93. The minimum Gasteiger partial charge on any atom is -0.234 e. The van der Waals surface area contributed by atoms with Crippen LogP contribution in [0.5, 0.6) is 0 Å². The molecule has 116 valence electrons. The molecule has 1 rings (SSSR count). The summed E-state index contributed by atoms with van der Waals surface area (Å²) in [6, 6.07) is 0. The van der Waals surface area contributed by atoms with E-state index in [2.05, 4.69) is 42.3 Å². The van der Waals surface area contributed by atoms with E-state index < -0.39 is 0 Å². The van der Waals surface area contributed by atoms with Crippen molar-refractivity contribution in [1.29, 1.82) is 0 Å². The molecule has 2 heteroatoms. The normalized spacial score (nSPS) is 11.2. The number of unbranched alkanes of at least 4 members (excludes halogenated alkanes) is 7. The van der Waals surface area contributed by atoms with Crippen LogP contribution in [0.3, 0.4) is 0 Å². The molecular weight excluding hydrogens is 244 g/mol. The van der Waals surface area contributed by atoms with Gasteiger partial charge >= 0.3 is 0 Å². The molecule has 0 amide bonds. The van der Waals surface area contributed by atoms with Crippen LogP contribution >= 0.6 is 0 Å². The Morgan fingerprint density at radius 2 is 1.50 bits per heavy atom. The largest absolute Gasteiger partial charge is 0.256 e. The first-order chi connectivity index (χ1) is 9.83. The highest BCUT2D eigenvalue weighted by Crippen LogP contribution is 2.07. The molecule has 1 heterocycles. The summed E-state index contributed by atoms with van der Waals surface area (Å²) >= 11 is 0. The molecule has 0 saturated carbocycles. The Balaban J connectivity index is 2.27. The third-order valence-electron chi connectivity index (χ3n) is 4.16. The number of aryl methyl sites for hydroxylation is 2. The Morgan fingerprint density at radius 1 is 0.850 bits per heavy atom. The van der Waals surface area contributed by atoms with E-state index in [1.165, 1.54) is 76.7 Å². The summed E-state index contributed by atoms with van der Waals surface area (Å²) in [5.41, 5.74) is 0. The summed E-state index contributed by atoms with van der Waals surface area (Å²) in [5, 5.41) is 0. The average Bonchev–Trinajstić information content (AvgIpc) is 2.86. The summed E-state index contributed by atoms with van der Waals surface area (Å²) in [4.78, 5) is 0. The number of imidazole rings is 1. The van der Waals surface area contributed by atoms with Crippen LogP contribution in [0.2, 0.25) is 0 Å². The third kappa shape index (κ3) is 6.11. The smallest absolute Gasteiger partial charge is 0.234 e. The van der Waals surface area contributed by atoms with Gasteiger partial charge in [0, 0.05) is 6.42 Å².